The average Bonchev–Trinajstić information content (AvgIpc) is 2.36. The first kappa shape index (κ1) is 22.2. The number of halogens is 2. The Morgan fingerprint density at radius 1 is 1.32 bits per heavy atom. The summed E-state index contributed by atoms with van der Waals surface area (Å²) >= 11 is 11.4. The minimum Gasteiger partial charge on any atom is -0.776 e. The van der Waals surface area contributed by atoms with Crippen LogP contribution < -0.4 is 39.2 Å². The second-order valence-corrected chi connectivity index (χ2v) is 6.99. The Kier molecular flexibility index (Phi) is 9.59. The van der Waals surface area contributed by atoms with E-state index in [9.17, 15) is 14.3 Å². The molecule has 0 aliphatic rings. The van der Waals surface area contributed by atoms with Gasteiger partial charge in [-0.1, -0.05) is 37.0 Å². The third kappa shape index (κ3) is 7.20. The first-order valence-corrected chi connectivity index (χ1v) is 8.37. The number of benzene rings is 1. The molecule has 1 rings (SSSR count). The van der Waals surface area contributed by atoms with Crippen molar-refractivity contribution in [3.05, 3.63) is 29.3 Å². The zero-order valence-corrected chi connectivity index (χ0v) is 16.6. The first-order chi connectivity index (χ1) is 9.61. The molecule has 3 unspecified atom stereocenters. The van der Waals surface area contributed by atoms with Crippen molar-refractivity contribution in [3.8, 4) is 5.75 Å². The van der Waals surface area contributed by atoms with Gasteiger partial charge in [0.25, 0.3) is 5.56 Å². The maximum atomic E-state index is 11.7. The van der Waals surface area contributed by atoms with E-state index in [-0.39, 0.29) is 35.3 Å². The van der Waals surface area contributed by atoms with Crippen LogP contribution >= 0.6 is 30.8 Å². The first-order valence-electron chi connectivity index (χ1n) is 5.91. The zero-order valence-electron chi connectivity index (χ0n) is 12.2. The van der Waals surface area contributed by atoms with Crippen molar-refractivity contribution in [2.24, 2.45) is 5.92 Å². The summed E-state index contributed by atoms with van der Waals surface area (Å²) in [5.41, 5.74) is -1.56. The number of hydrogen-bond acceptors (Lipinski definition) is 5. The largest absolute Gasteiger partial charge is 1.00 e. The minimum atomic E-state index is -4.84. The molecule has 0 fully saturated rings. The average molecular weight is 379 g/mol. The Morgan fingerprint density at radius 3 is 2.23 bits per heavy atom. The van der Waals surface area contributed by atoms with Crippen molar-refractivity contribution in [2.45, 2.75) is 25.3 Å². The van der Waals surface area contributed by atoms with Gasteiger partial charge in [-0.15, -0.1) is 0 Å². The van der Waals surface area contributed by atoms with Crippen LogP contribution in [-0.4, -0.2) is 22.3 Å². The van der Waals surface area contributed by atoms with Gasteiger partial charge < -0.3 is 23.8 Å². The van der Waals surface area contributed by atoms with Gasteiger partial charge in [0, 0.05) is 5.02 Å². The molecule has 1 N–H and O–H groups in total. The van der Waals surface area contributed by atoms with Gasteiger partial charge in [0.15, 0.2) is 13.4 Å². The van der Waals surface area contributed by atoms with Crippen molar-refractivity contribution in [3.63, 3.8) is 0 Å². The third-order valence-electron chi connectivity index (χ3n) is 2.37. The second-order valence-electron chi connectivity index (χ2n) is 4.52. The van der Waals surface area contributed by atoms with Gasteiger partial charge in [-0.05, 0) is 30.2 Å². The summed E-state index contributed by atoms with van der Waals surface area (Å²) in [7, 11) is -4.84. The van der Waals surface area contributed by atoms with Crippen LogP contribution in [0.25, 0.3) is 0 Å². The summed E-state index contributed by atoms with van der Waals surface area (Å²) in [5.74, 6) is -3.18. The number of hydrogen-bond donors (Lipinski definition) is 1. The Bertz CT molecular complexity index is 533. The van der Waals surface area contributed by atoms with Crippen molar-refractivity contribution in [2.75, 3.05) is 0 Å². The van der Waals surface area contributed by atoms with E-state index in [1.807, 2.05) is 0 Å². The molecule has 118 valence electrons. The topological polar surface area (TPSA) is 95.9 Å². The number of carbonyl (C=O) groups excluding carboxylic acids is 1. The van der Waals surface area contributed by atoms with Crippen molar-refractivity contribution in [1.82, 2.24) is 0 Å². The Hall–Kier alpha value is 0.220. The number of esters is 1. The minimum absolute atomic E-state index is 0. The maximum absolute atomic E-state index is 11.7. The molecule has 0 amide bonds. The SMILES string of the molecule is CC(C)C(OC(=O)C(Cl)Oc1ccc(Cl)cc1)P(=O)([O-])O.[Na+]. The fourth-order valence-corrected chi connectivity index (χ4v) is 2.70. The summed E-state index contributed by atoms with van der Waals surface area (Å²) in [6, 6.07) is 6.02. The molecule has 0 aliphatic heterocycles. The van der Waals surface area contributed by atoms with Crippen LogP contribution in [0.5, 0.6) is 5.75 Å². The van der Waals surface area contributed by atoms with Gasteiger partial charge >= 0.3 is 35.5 Å². The summed E-state index contributed by atoms with van der Waals surface area (Å²) in [6.45, 7) is 2.95. The van der Waals surface area contributed by atoms with Crippen molar-refractivity contribution in [1.29, 1.82) is 0 Å². The molecule has 0 aliphatic carbocycles. The smallest absolute Gasteiger partial charge is 0.776 e. The monoisotopic (exact) mass is 378 g/mol. The predicted molar refractivity (Wildman–Crippen MR) is 76.3 cm³/mol. The molecule has 0 saturated carbocycles. The van der Waals surface area contributed by atoms with Crippen molar-refractivity contribution < 1.29 is 58.2 Å². The molecule has 1 aromatic rings. The number of carbonyl (C=O) groups is 1. The molecule has 1 aromatic carbocycles. The molecule has 0 heterocycles. The van der Waals surface area contributed by atoms with Crippen LogP contribution in [0.15, 0.2) is 24.3 Å². The third-order valence-corrected chi connectivity index (χ3v) is 4.23. The molecule has 0 bridgehead atoms. The number of rotatable bonds is 6. The van der Waals surface area contributed by atoms with E-state index in [0.29, 0.717) is 5.02 Å². The van der Waals surface area contributed by atoms with Crippen LogP contribution in [0, 0.1) is 5.92 Å². The Morgan fingerprint density at radius 2 is 1.82 bits per heavy atom. The summed E-state index contributed by atoms with van der Waals surface area (Å²) in [5, 5.41) is 0.475. The molecular weight excluding hydrogens is 365 g/mol. The van der Waals surface area contributed by atoms with Gasteiger partial charge in [0.2, 0.25) is 0 Å². The van der Waals surface area contributed by atoms with E-state index >= 15 is 0 Å². The van der Waals surface area contributed by atoms with Crippen molar-refractivity contribution >= 4 is 36.8 Å². The van der Waals surface area contributed by atoms with E-state index in [1.165, 1.54) is 38.1 Å². The van der Waals surface area contributed by atoms with Crippen LogP contribution in [0.1, 0.15) is 13.8 Å². The fraction of sp³-hybridized carbons (Fsp3) is 0.417. The summed E-state index contributed by atoms with van der Waals surface area (Å²) in [4.78, 5) is 31.9. The molecular formula is C12H14Cl2NaO6P. The molecule has 22 heavy (non-hydrogen) atoms. The van der Waals surface area contributed by atoms with E-state index in [1.54, 1.807) is 0 Å². The molecule has 0 spiro atoms. The number of alkyl halides is 1. The normalized spacial score (nSPS) is 16.1. The molecule has 3 atom stereocenters. The van der Waals surface area contributed by atoms with Gasteiger partial charge in [-0.2, -0.15) is 0 Å². The van der Waals surface area contributed by atoms with E-state index in [0.717, 1.165) is 0 Å². The van der Waals surface area contributed by atoms with Gasteiger partial charge in [-0.25, -0.2) is 4.79 Å². The molecule has 6 nitrogen and oxygen atoms in total. The van der Waals surface area contributed by atoms with Gasteiger partial charge in [0.05, 0.1) is 0 Å². The summed E-state index contributed by atoms with van der Waals surface area (Å²) in [6.07, 6.45) is 0. The zero-order chi connectivity index (χ0) is 16.2. The standard InChI is InChI=1S/C12H15Cl2O6P.Na/c1-7(2)12(21(16,17)18)20-11(15)10(14)19-9-5-3-8(13)4-6-9;/h3-7,10,12H,1-2H3,(H2,16,17,18);/q;+1/p-1. The summed E-state index contributed by atoms with van der Waals surface area (Å²) < 4.78 is 20.9. The Labute approximate surface area is 160 Å². The van der Waals surface area contributed by atoms with Gasteiger partial charge in [0.1, 0.15) is 5.75 Å². The fourth-order valence-electron chi connectivity index (χ4n) is 1.43. The second kappa shape index (κ2) is 9.50. The quantitative estimate of drug-likeness (QED) is 0.306. The maximum Gasteiger partial charge on any atom is 1.00 e. The van der Waals surface area contributed by atoms with E-state index < -0.39 is 30.9 Å². The molecule has 0 radical (unpaired) electrons. The number of ether oxygens (including phenoxy) is 2. The van der Waals surface area contributed by atoms with Gasteiger partial charge in [-0.3, -0.25) is 0 Å². The van der Waals surface area contributed by atoms with Crippen LogP contribution in [0.2, 0.25) is 5.02 Å². The predicted octanol–water partition coefficient (Wildman–Crippen LogP) is -0.641. The molecule has 10 heteroatoms. The van der Waals surface area contributed by atoms with E-state index in [4.69, 9.17) is 32.8 Å². The van der Waals surface area contributed by atoms with E-state index in [2.05, 4.69) is 4.74 Å². The van der Waals surface area contributed by atoms with Crippen LogP contribution in [0.3, 0.4) is 0 Å². The van der Waals surface area contributed by atoms with Crippen LogP contribution in [0.4, 0.5) is 0 Å². The molecule has 0 saturated heterocycles. The Balaban J connectivity index is 0.00000441. The molecule has 0 aromatic heterocycles. The van der Waals surface area contributed by atoms with Crippen LogP contribution in [-0.2, 0) is 14.1 Å².